The SMILES string of the molecule is O=C(NCc1ccccn1)NC1CCCc2cc(OC(F)F)ccc21. The molecule has 5 nitrogen and oxygen atoms in total. The Morgan fingerprint density at radius 1 is 1.32 bits per heavy atom. The Hall–Kier alpha value is -2.70. The lowest BCUT2D eigenvalue weighted by Crippen LogP contribution is -2.38. The van der Waals surface area contributed by atoms with Gasteiger partial charge in [-0.25, -0.2) is 4.79 Å². The number of halogens is 2. The van der Waals surface area contributed by atoms with E-state index in [1.165, 1.54) is 6.07 Å². The topological polar surface area (TPSA) is 63.2 Å². The van der Waals surface area contributed by atoms with Crippen LogP contribution in [0.2, 0.25) is 0 Å². The number of pyridine rings is 1. The smallest absolute Gasteiger partial charge is 0.387 e. The zero-order valence-corrected chi connectivity index (χ0v) is 13.5. The van der Waals surface area contributed by atoms with E-state index in [1.54, 1.807) is 18.3 Å². The molecule has 25 heavy (non-hydrogen) atoms. The predicted octanol–water partition coefficient (Wildman–Crippen LogP) is 3.56. The highest BCUT2D eigenvalue weighted by Crippen LogP contribution is 2.32. The number of alkyl halides is 2. The molecule has 0 saturated carbocycles. The molecule has 1 aromatic carbocycles. The molecule has 3 rings (SSSR count). The molecular weight excluding hydrogens is 328 g/mol. The van der Waals surface area contributed by atoms with Gasteiger partial charge in [-0.05, 0) is 54.7 Å². The average Bonchev–Trinajstić information content (AvgIpc) is 2.60. The highest BCUT2D eigenvalue weighted by molar-refractivity contribution is 5.74. The fraction of sp³-hybridized carbons (Fsp3) is 0.333. The second-order valence-electron chi connectivity index (χ2n) is 5.83. The molecule has 2 amide bonds. The van der Waals surface area contributed by atoms with Crippen LogP contribution in [0.3, 0.4) is 0 Å². The quantitative estimate of drug-likeness (QED) is 0.869. The summed E-state index contributed by atoms with van der Waals surface area (Å²) in [6, 6.07) is 9.96. The third-order valence-corrected chi connectivity index (χ3v) is 4.12. The maximum absolute atomic E-state index is 12.3. The van der Waals surface area contributed by atoms with Crippen molar-refractivity contribution in [1.82, 2.24) is 15.6 Å². The van der Waals surface area contributed by atoms with E-state index >= 15 is 0 Å². The summed E-state index contributed by atoms with van der Waals surface area (Å²) in [5.41, 5.74) is 2.65. The first-order valence-corrected chi connectivity index (χ1v) is 8.14. The summed E-state index contributed by atoms with van der Waals surface area (Å²) in [6.45, 7) is -2.50. The van der Waals surface area contributed by atoms with Gasteiger partial charge in [0.05, 0.1) is 18.3 Å². The standard InChI is InChI=1S/C18H19F2N3O2/c19-17(20)25-14-7-8-15-12(10-14)4-3-6-16(15)23-18(24)22-11-13-5-1-2-9-21-13/h1-2,5,7-10,16-17H,3-4,6,11H2,(H2,22,23,24). The molecule has 7 heteroatoms. The number of aromatic nitrogens is 1. The molecule has 2 N–H and O–H groups in total. The van der Waals surface area contributed by atoms with Crippen LogP contribution in [0.1, 0.15) is 35.7 Å². The number of nitrogens with zero attached hydrogens (tertiary/aromatic N) is 1. The van der Waals surface area contributed by atoms with E-state index in [2.05, 4.69) is 20.4 Å². The predicted molar refractivity (Wildman–Crippen MR) is 88.4 cm³/mol. The van der Waals surface area contributed by atoms with Crippen molar-refractivity contribution in [2.75, 3.05) is 0 Å². The van der Waals surface area contributed by atoms with Crippen molar-refractivity contribution in [2.24, 2.45) is 0 Å². The molecule has 0 spiro atoms. The first-order chi connectivity index (χ1) is 12.1. The Morgan fingerprint density at radius 2 is 2.20 bits per heavy atom. The number of aryl methyl sites for hydroxylation is 1. The number of carbonyl (C=O) groups is 1. The molecule has 1 aliphatic rings. The fourth-order valence-corrected chi connectivity index (χ4v) is 3.00. The van der Waals surface area contributed by atoms with Crippen LogP contribution in [0.4, 0.5) is 13.6 Å². The lowest BCUT2D eigenvalue weighted by molar-refractivity contribution is -0.0499. The van der Waals surface area contributed by atoms with E-state index in [-0.39, 0.29) is 17.8 Å². The molecular formula is C18H19F2N3O2. The van der Waals surface area contributed by atoms with Crippen LogP contribution in [-0.4, -0.2) is 17.6 Å². The second-order valence-corrected chi connectivity index (χ2v) is 5.83. The molecule has 1 heterocycles. The van der Waals surface area contributed by atoms with Gasteiger partial charge in [0.25, 0.3) is 0 Å². The Kier molecular flexibility index (Phi) is 5.42. The number of hydrogen-bond donors (Lipinski definition) is 2. The van der Waals surface area contributed by atoms with Crippen LogP contribution in [0, 0.1) is 0 Å². The van der Waals surface area contributed by atoms with Crippen LogP contribution >= 0.6 is 0 Å². The Balaban J connectivity index is 1.61. The number of nitrogens with one attached hydrogen (secondary N) is 2. The van der Waals surface area contributed by atoms with Crippen molar-refractivity contribution in [3.63, 3.8) is 0 Å². The van der Waals surface area contributed by atoms with Crippen molar-refractivity contribution >= 4 is 6.03 Å². The first-order valence-electron chi connectivity index (χ1n) is 8.14. The van der Waals surface area contributed by atoms with Gasteiger partial charge in [0.15, 0.2) is 0 Å². The molecule has 2 aromatic rings. The molecule has 1 aromatic heterocycles. The minimum Gasteiger partial charge on any atom is -0.435 e. The second kappa shape index (κ2) is 7.92. The molecule has 1 atom stereocenters. The molecule has 0 fully saturated rings. The Morgan fingerprint density at radius 3 is 2.96 bits per heavy atom. The van der Waals surface area contributed by atoms with E-state index in [0.29, 0.717) is 6.54 Å². The number of ether oxygens (including phenoxy) is 1. The van der Waals surface area contributed by atoms with Crippen LogP contribution in [0.25, 0.3) is 0 Å². The van der Waals surface area contributed by atoms with E-state index in [1.807, 2.05) is 18.2 Å². The largest absolute Gasteiger partial charge is 0.435 e. The van der Waals surface area contributed by atoms with Gasteiger partial charge in [-0.2, -0.15) is 8.78 Å². The van der Waals surface area contributed by atoms with Crippen LogP contribution in [0.15, 0.2) is 42.6 Å². The van der Waals surface area contributed by atoms with Crippen LogP contribution < -0.4 is 15.4 Å². The summed E-state index contributed by atoms with van der Waals surface area (Å²) in [5, 5.41) is 5.72. The fourth-order valence-electron chi connectivity index (χ4n) is 3.00. The zero-order chi connectivity index (χ0) is 17.6. The van der Waals surface area contributed by atoms with Gasteiger partial charge in [-0.15, -0.1) is 0 Å². The average molecular weight is 347 g/mol. The van der Waals surface area contributed by atoms with Gasteiger partial charge in [-0.3, -0.25) is 4.98 Å². The number of hydrogen-bond acceptors (Lipinski definition) is 3. The van der Waals surface area contributed by atoms with E-state index in [9.17, 15) is 13.6 Å². The number of amides is 2. The third kappa shape index (κ3) is 4.65. The number of rotatable bonds is 5. The minimum absolute atomic E-state index is 0.145. The summed E-state index contributed by atoms with van der Waals surface area (Å²) in [5.74, 6) is 0.147. The molecule has 132 valence electrons. The molecule has 0 bridgehead atoms. The highest BCUT2D eigenvalue weighted by atomic mass is 19.3. The summed E-state index contributed by atoms with van der Waals surface area (Å²) < 4.78 is 29.1. The molecule has 0 saturated heterocycles. The summed E-state index contributed by atoms with van der Waals surface area (Å²) >= 11 is 0. The van der Waals surface area contributed by atoms with Crippen molar-refractivity contribution in [3.05, 3.63) is 59.4 Å². The molecule has 1 unspecified atom stereocenters. The van der Waals surface area contributed by atoms with E-state index < -0.39 is 6.61 Å². The van der Waals surface area contributed by atoms with E-state index in [4.69, 9.17) is 0 Å². The van der Waals surface area contributed by atoms with Gasteiger partial charge >= 0.3 is 12.6 Å². The van der Waals surface area contributed by atoms with Crippen molar-refractivity contribution in [1.29, 1.82) is 0 Å². The number of carbonyl (C=O) groups excluding carboxylic acids is 1. The van der Waals surface area contributed by atoms with Gasteiger partial charge < -0.3 is 15.4 Å². The maximum Gasteiger partial charge on any atom is 0.387 e. The summed E-state index contributed by atoms with van der Waals surface area (Å²) in [6.07, 6.45) is 4.13. The highest BCUT2D eigenvalue weighted by Gasteiger charge is 2.22. The molecule has 0 radical (unpaired) electrons. The monoisotopic (exact) mass is 347 g/mol. The lowest BCUT2D eigenvalue weighted by atomic mass is 9.87. The van der Waals surface area contributed by atoms with Crippen molar-refractivity contribution in [2.45, 2.75) is 38.5 Å². The zero-order valence-electron chi connectivity index (χ0n) is 13.5. The number of benzene rings is 1. The van der Waals surface area contributed by atoms with Gasteiger partial charge in [0.1, 0.15) is 5.75 Å². The Labute approximate surface area is 144 Å². The van der Waals surface area contributed by atoms with Crippen molar-refractivity contribution in [3.8, 4) is 5.75 Å². The molecule has 0 aliphatic heterocycles. The summed E-state index contributed by atoms with van der Waals surface area (Å²) in [7, 11) is 0. The van der Waals surface area contributed by atoms with Gasteiger partial charge in [0, 0.05) is 6.20 Å². The third-order valence-electron chi connectivity index (χ3n) is 4.12. The normalized spacial score (nSPS) is 16.2. The number of fused-ring (bicyclic) bond motifs is 1. The van der Waals surface area contributed by atoms with Crippen LogP contribution in [-0.2, 0) is 13.0 Å². The van der Waals surface area contributed by atoms with Crippen molar-refractivity contribution < 1.29 is 18.3 Å². The maximum atomic E-state index is 12.3. The minimum atomic E-state index is -2.84. The van der Waals surface area contributed by atoms with Gasteiger partial charge in [0.2, 0.25) is 0 Å². The first kappa shape index (κ1) is 17.1. The van der Waals surface area contributed by atoms with Crippen LogP contribution in [0.5, 0.6) is 5.75 Å². The Bertz CT molecular complexity index is 726. The van der Waals surface area contributed by atoms with E-state index in [0.717, 1.165) is 36.1 Å². The number of urea groups is 1. The van der Waals surface area contributed by atoms with Gasteiger partial charge in [-0.1, -0.05) is 12.1 Å². The lowest BCUT2D eigenvalue weighted by Gasteiger charge is -2.27. The molecule has 1 aliphatic carbocycles. The summed E-state index contributed by atoms with van der Waals surface area (Å²) in [4.78, 5) is 16.3.